The maximum absolute atomic E-state index is 11.9. The highest BCUT2D eigenvalue weighted by molar-refractivity contribution is 5.76. The second-order valence-corrected chi connectivity index (χ2v) is 5.22. The highest BCUT2D eigenvalue weighted by Gasteiger charge is 2.25. The summed E-state index contributed by atoms with van der Waals surface area (Å²) in [5.41, 5.74) is 6.94. The highest BCUT2D eigenvalue weighted by atomic mass is 16.2. The van der Waals surface area contributed by atoms with E-state index in [4.69, 9.17) is 5.73 Å². The van der Waals surface area contributed by atoms with Crippen molar-refractivity contribution in [2.24, 2.45) is 12.8 Å². The van der Waals surface area contributed by atoms with Crippen molar-refractivity contribution >= 4 is 5.91 Å². The van der Waals surface area contributed by atoms with Crippen molar-refractivity contribution in [3.8, 4) is 0 Å². The van der Waals surface area contributed by atoms with E-state index in [2.05, 4.69) is 11.2 Å². The smallest absolute Gasteiger partial charge is 0.224 e. The van der Waals surface area contributed by atoms with Crippen LogP contribution >= 0.6 is 0 Å². The van der Waals surface area contributed by atoms with Crippen molar-refractivity contribution in [3.63, 3.8) is 0 Å². The Labute approximate surface area is 108 Å². The van der Waals surface area contributed by atoms with E-state index in [-0.39, 0.29) is 11.9 Å². The summed E-state index contributed by atoms with van der Waals surface area (Å²) in [5, 5.41) is 4.20. The van der Waals surface area contributed by atoms with E-state index in [1.54, 1.807) is 0 Å². The minimum atomic E-state index is -0.0488. The molecule has 2 N–H and O–H groups in total. The monoisotopic (exact) mass is 250 g/mol. The molecule has 1 aromatic heterocycles. The van der Waals surface area contributed by atoms with Gasteiger partial charge in [-0.2, -0.15) is 5.10 Å². The van der Waals surface area contributed by atoms with Crippen molar-refractivity contribution in [1.29, 1.82) is 0 Å². The largest absolute Gasteiger partial charge is 0.343 e. The summed E-state index contributed by atoms with van der Waals surface area (Å²) in [7, 11) is 1.98. The van der Waals surface area contributed by atoms with E-state index in [1.165, 1.54) is 5.69 Å². The van der Waals surface area contributed by atoms with Crippen molar-refractivity contribution in [1.82, 2.24) is 14.7 Å². The number of aryl methyl sites for hydroxylation is 1. The first-order valence-corrected chi connectivity index (χ1v) is 6.59. The Hall–Kier alpha value is -1.36. The van der Waals surface area contributed by atoms with E-state index in [0.29, 0.717) is 12.3 Å². The lowest BCUT2D eigenvalue weighted by Crippen LogP contribution is -2.40. The lowest BCUT2D eigenvalue weighted by molar-refractivity contribution is -0.132. The van der Waals surface area contributed by atoms with Crippen LogP contribution in [-0.2, 0) is 11.8 Å². The third kappa shape index (κ3) is 2.90. The van der Waals surface area contributed by atoms with Gasteiger partial charge in [-0.1, -0.05) is 0 Å². The molecule has 1 saturated heterocycles. The summed E-state index contributed by atoms with van der Waals surface area (Å²) in [6.07, 6.45) is 4.33. The molecule has 0 aliphatic carbocycles. The Morgan fingerprint density at radius 2 is 2.22 bits per heavy atom. The lowest BCUT2D eigenvalue weighted by atomic mass is 9.93. The third-order valence-corrected chi connectivity index (χ3v) is 3.62. The number of rotatable bonds is 3. The molecule has 1 aromatic rings. The fraction of sp³-hybridized carbons (Fsp3) is 0.692. The quantitative estimate of drug-likeness (QED) is 0.865. The van der Waals surface area contributed by atoms with Gasteiger partial charge in [0, 0.05) is 50.4 Å². The van der Waals surface area contributed by atoms with E-state index >= 15 is 0 Å². The van der Waals surface area contributed by atoms with E-state index < -0.39 is 0 Å². The highest BCUT2D eigenvalue weighted by Crippen LogP contribution is 2.27. The molecular weight excluding hydrogens is 228 g/mol. The van der Waals surface area contributed by atoms with Crippen LogP contribution in [0.25, 0.3) is 0 Å². The average molecular weight is 250 g/mol. The topological polar surface area (TPSA) is 64.2 Å². The average Bonchev–Trinajstić information content (AvgIpc) is 2.75. The van der Waals surface area contributed by atoms with Crippen LogP contribution in [0.4, 0.5) is 0 Å². The number of hydrogen-bond donors (Lipinski definition) is 1. The summed E-state index contributed by atoms with van der Waals surface area (Å²) in [6.45, 7) is 3.54. The summed E-state index contributed by atoms with van der Waals surface area (Å²) >= 11 is 0. The zero-order valence-corrected chi connectivity index (χ0v) is 11.2. The Kier molecular flexibility index (Phi) is 4.01. The summed E-state index contributed by atoms with van der Waals surface area (Å²) < 4.78 is 1.93. The molecule has 5 heteroatoms. The summed E-state index contributed by atoms with van der Waals surface area (Å²) in [6, 6.07) is 2.02. The van der Waals surface area contributed by atoms with Crippen LogP contribution in [0.5, 0.6) is 0 Å². The number of likely N-dealkylation sites (tertiary alicyclic amines) is 1. The zero-order valence-electron chi connectivity index (χ0n) is 11.2. The maximum Gasteiger partial charge on any atom is 0.224 e. The molecule has 100 valence electrons. The second kappa shape index (κ2) is 5.52. The molecule has 0 aromatic carbocycles. The maximum atomic E-state index is 11.9. The van der Waals surface area contributed by atoms with Gasteiger partial charge in [-0.3, -0.25) is 9.48 Å². The minimum absolute atomic E-state index is 0.0488. The zero-order chi connectivity index (χ0) is 13.1. The lowest BCUT2D eigenvalue weighted by Gasteiger charge is -2.32. The van der Waals surface area contributed by atoms with Crippen LogP contribution in [0.1, 0.15) is 37.8 Å². The molecule has 1 aliphatic heterocycles. The van der Waals surface area contributed by atoms with Gasteiger partial charge in [-0.05, 0) is 25.8 Å². The predicted octanol–water partition coefficient (Wildman–Crippen LogP) is 0.863. The van der Waals surface area contributed by atoms with Gasteiger partial charge in [-0.25, -0.2) is 0 Å². The minimum Gasteiger partial charge on any atom is -0.343 e. The molecule has 2 heterocycles. The summed E-state index contributed by atoms with van der Waals surface area (Å²) in [5.74, 6) is 0.713. The first kappa shape index (κ1) is 13.1. The van der Waals surface area contributed by atoms with Gasteiger partial charge in [0.2, 0.25) is 5.91 Å². The molecular formula is C13H22N4O. The number of carbonyl (C=O) groups is 1. The molecule has 1 amide bonds. The Balaban J connectivity index is 1.88. The van der Waals surface area contributed by atoms with Crippen LogP contribution in [-0.4, -0.2) is 39.7 Å². The van der Waals surface area contributed by atoms with Gasteiger partial charge in [0.25, 0.3) is 0 Å². The molecule has 1 unspecified atom stereocenters. The SMILES string of the molecule is CC(N)CC(=O)N1CCC(c2ccnn2C)CC1. The van der Waals surface area contributed by atoms with Crippen LogP contribution in [0.15, 0.2) is 12.3 Å². The van der Waals surface area contributed by atoms with Crippen LogP contribution in [0.2, 0.25) is 0 Å². The normalized spacial score (nSPS) is 18.9. The van der Waals surface area contributed by atoms with Crippen LogP contribution in [0, 0.1) is 0 Å². The Bertz CT molecular complexity index is 405. The fourth-order valence-electron chi connectivity index (χ4n) is 2.61. The predicted molar refractivity (Wildman–Crippen MR) is 70.0 cm³/mol. The molecule has 0 radical (unpaired) electrons. The van der Waals surface area contributed by atoms with E-state index in [9.17, 15) is 4.79 Å². The molecule has 5 nitrogen and oxygen atoms in total. The first-order valence-electron chi connectivity index (χ1n) is 6.59. The molecule has 18 heavy (non-hydrogen) atoms. The molecule has 0 bridgehead atoms. The van der Waals surface area contributed by atoms with Crippen molar-refractivity contribution in [3.05, 3.63) is 18.0 Å². The molecule has 1 fully saturated rings. The number of aromatic nitrogens is 2. The standard InChI is InChI=1S/C13H22N4O/c1-10(14)9-13(18)17-7-4-11(5-8-17)12-3-6-15-16(12)2/h3,6,10-11H,4-5,7-9,14H2,1-2H3. The molecule has 1 aliphatic rings. The number of amides is 1. The molecule has 2 rings (SSSR count). The summed E-state index contributed by atoms with van der Waals surface area (Å²) in [4.78, 5) is 13.8. The van der Waals surface area contributed by atoms with Gasteiger partial charge >= 0.3 is 0 Å². The van der Waals surface area contributed by atoms with Gasteiger partial charge in [0.05, 0.1) is 0 Å². The van der Waals surface area contributed by atoms with Gasteiger partial charge in [-0.15, -0.1) is 0 Å². The van der Waals surface area contributed by atoms with Crippen molar-refractivity contribution < 1.29 is 4.79 Å². The molecule has 0 saturated carbocycles. The third-order valence-electron chi connectivity index (χ3n) is 3.62. The van der Waals surface area contributed by atoms with Gasteiger partial charge in [0.1, 0.15) is 0 Å². The van der Waals surface area contributed by atoms with Crippen molar-refractivity contribution in [2.75, 3.05) is 13.1 Å². The fourth-order valence-corrected chi connectivity index (χ4v) is 2.61. The van der Waals surface area contributed by atoms with Crippen LogP contribution in [0.3, 0.4) is 0 Å². The molecule has 1 atom stereocenters. The van der Waals surface area contributed by atoms with E-state index in [0.717, 1.165) is 25.9 Å². The Morgan fingerprint density at radius 1 is 1.56 bits per heavy atom. The molecule has 0 spiro atoms. The second-order valence-electron chi connectivity index (χ2n) is 5.22. The Morgan fingerprint density at radius 3 is 2.72 bits per heavy atom. The van der Waals surface area contributed by atoms with Crippen LogP contribution < -0.4 is 5.73 Å². The number of piperidine rings is 1. The van der Waals surface area contributed by atoms with Gasteiger partial charge in [0.15, 0.2) is 0 Å². The van der Waals surface area contributed by atoms with E-state index in [1.807, 2.05) is 29.7 Å². The number of nitrogens with zero attached hydrogens (tertiary/aromatic N) is 3. The number of nitrogens with two attached hydrogens (primary N) is 1. The van der Waals surface area contributed by atoms with Gasteiger partial charge < -0.3 is 10.6 Å². The number of carbonyl (C=O) groups excluding carboxylic acids is 1. The number of hydrogen-bond acceptors (Lipinski definition) is 3. The first-order chi connectivity index (χ1) is 8.58. The van der Waals surface area contributed by atoms with Crippen molar-refractivity contribution in [2.45, 2.75) is 38.1 Å².